The maximum Gasteiger partial charge on any atom is 0.339 e. The largest absolute Gasteiger partial charge is 0.465 e. The molecule has 0 saturated carbocycles. The predicted molar refractivity (Wildman–Crippen MR) is 76.3 cm³/mol. The van der Waals surface area contributed by atoms with Gasteiger partial charge in [-0.25, -0.2) is 4.79 Å². The minimum atomic E-state index is -0.520. The Labute approximate surface area is 122 Å². The number of para-hydroxylation sites is 1. The van der Waals surface area contributed by atoms with Crippen LogP contribution in [0.25, 0.3) is 0 Å². The van der Waals surface area contributed by atoms with Gasteiger partial charge in [-0.1, -0.05) is 31.1 Å². The summed E-state index contributed by atoms with van der Waals surface area (Å²) in [4.78, 5) is 23.8. The van der Waals surface area contributed by atoms with Crippen molar-refractivity contribution in [1.82, 2.24) is 5.16 Å². The molecule has 1 heterocycles. The monoisotopic (exact) mass is 288 g/mol. The molecule has 0 unspecified atom stereocenters. The molecule has 1 amide bonds. The maximum atomic E-state index is 12.1. The zero-order chi connectivity index (χ0) is 15.4. The Morgan fingerprint density at radius 3 is 2.62 bits per heavy atom. The molecule has 6 nitrogen and oxygen atoms in total. The number of anilines is 1. The number of benzene rings is 1. The molecule has 1 N–H and O–H groups in total. The van der Waals surface area contributed by atoms with E-state index >= 15 is 0 Å². The third-order valence-corrected chi connectivity index (χ3v) is 2.91. The van der Waals surface area contributed by atoms with Gasteiger partial charge in [-0.2, -0.15) is 0 Å². The van der Waals surface area contributed by atoms with Gasteiger partial charge in [-0.3, -0.25) is 4.79 Å². The van der Waals surface area contributed by atoms with Crippen LogP contribution in [0.5, 0.6) is 0 Å². The van der Waals surface area contributed by atoms with Crippen molar-refractivity contribution in [3.8, 4) is 0 Å². The molecular formula is C15H16N2O4. The van der Waals surface area contributed by atoms with Crippen LogP contribution < -0.4 is 5.32 Å². The topological polar surface area (TPSA) is 81.4 Å². The maximum absolute atomic E-state index is 12.1. The van der Waals surface area contributed by atoms with Crippen molar-refractivity contribution in [1.29, 1.82) is 0 Å². The van der Waals surface area contributed by atoms with Crippen LogP contribution in [0.3, 0.4) is 0 Å². The summed E-state index contributed by atoms with van der Waals surface area (Å²) in [7, 11) is 1.29. The lowest BCUT2D eigenvalue weighted by atomic mass is 10.1. The molecule has 0 spiro atoms. The van der Waals surface area contributed by atoms with Crippen molar-refractivity contribution in [2.24, 2.45) is 0 Å². The van der Waals surface area contributed by atoms with Crippen molar-refractivity contribution in [3.05, 3.63) is 47.3 Å². The molecule has 1 aromatic carbocycles. The zero-order valence-corrected chi connectivity index (χ0v) is 12.0. The number of nitrogens with zero attached hydrogens (tertiary/aromatic N) is 1. The molecule has 0 aliphatic carbocycles. The first-order valence-corrected chi connectivity index (χ1v) is 6.48. The van der Waals surface area contributed by atoms with E-state index in [0.29, 0.717) is 11.4 Å². The Morgan fingerprint density at radius 2 is 2.00 bits per heavy atom. The molecule has 110 valence electrons. The van der Waals surface area contributed by atoms with E-state index in [9.17, 15) is 9.59 Å². The fraction of sp³-hybridized carbons (Fsp3) is 0.267. The number of esters is 1. The van der Waals surface area contributed by atoms with Crippen molar-refractivity contribution >= 4 is 17.6 Å². The highest BCUT2D eigenvalue weighted by atomic mass is 16.5. The second-order valence-corrected chi connectivity index (χ2v) is 4.76. The third-order valence-electron chi connectivity index (χ3n) is 2.91. The van der Waals surface area contributed by atoms with Gasteiger partial charge in [0, 0.05) is 12.0 Å². The molecule has 0 atom stereocenters. The summed E-state index contributed by atoms with van der Waals surface area (Å²) in [6.45, 7) is 3.88. The van der Waals surface area contributed by atoms with Crippen molar-refractivity contribution in [3.63, 3.8) is 0 Å². The summed E-state index contributed by atoms with van der Waals surface area (Å²) in [6.07, 6.45) is 0. The van der Waals surface area contributed by atoms with Gasteiger partial charge in [0.25, 0.3) is 5.91 Å². The van der Waals surface area contributed by atoms with Crippen LogP contribution in [0.4, 0.5) is 5.69 Å². The number of methoxy groups -OCH3 is 1. The minimum Gasteiger partial charge on any atom is -0.465 e. The van der Waals surface area contributed by atoms with Crippen LogP contribution in [0.15, 0.2) is 34.9 Å². The highest BCUT2D eigenvalue weighted by Crippen LogP contribution is 2.19. The smallest absolute Gasteiger partial charge is 0.339 e. The number of hydrogen-bond acceptors (Lipinski definition) is 5. The van der Waals surface area contributed by atoms with Crippen LogP contribution in [0.2, 0.25) is 0 Å². The molecule has 2 aromatic rings. The molecule has 6 heteroatoms. The van der Waals surface area contributed by atoms with Crippen molar-refractivity contribution < 1.29 is 18.8 Å². The van der Waals surface area contributed by atoms with E-state index in [2.05, 4.69) is 15.2 Å². The molecule has 0 fully saturated rings. The van der Waals surface area contributed by atoms with E-state index in [1.807, 2.05) is 13.8 Å². The lowest BCUT2D eigenvalue weighted by molar-refractivity contribution is 0.0602. The van der Waals surface area contributed by atoms with E-state index in [0.717, 1.165) is 0 Å². The molecule has 0 saturated heterocycles. The van der Waals surface area contributed by atoms with Crippen molar-refractivity contribution in [2.75, 3.05) is 12.4 Å². The summed E-state index contributed by atoms with van der Waals surface area (Å²) in [5.74, 6) is -0.196. The van der Waals surface area contributed by atoms with Gasteiger partial charge in [0.05, 0.1) is 18.4 Å². The van der Waals surface area contributed by atoms with Crippen LogP contribution in [0.1, 0.15) is 46.4 Å². The highest BCUT2D eigenvalue weighted by Gasteiger charge is 2.17. The Balaban J connectivity index is 2.21. The number of amides is 1. The minimum absolute atomic E-state index is 0.140. The van der Waals surface area contributed by atoms with Crippen LogP contribution in [0, 0.1) is 0 Å². The Bertz CT molecular complexity index is 661. The number of nitrogens with one attached hydrogen (secondary N) is 1. The Kier molecular flexibility index (Phi) is 4.37. The number of carbonyl (C=O) groups is 2. The lowest BCUT2D eigenvalue weighted by Gasteiger charge is -2.07. The van der Waals surface area contributed by atoms with E-state index in [4.69, 9.17) is 4.52 Å². The Hall–Kier alpha value is -2.63. The lowest BCUT2D eigenvalue weighted by Crippen LogP contribution is -2.15. The number of carbonyl (C=O) groups excluding carboxylic acids is 2. The second-order valence-electron chi connectivity index (χ2n) is 4.76. The molecule has 0 radical (unpaired) electrons. The molecule has 0 aliphatic heterocycles. The number of ether oxygens (including phenoxy) is 1. The van der Waals surface area contributed by atoms with Gasteiger partial charge in [0.1, 0.15) is 5.76 Å². The van der Waals surface area contributed by atoms with Gasteiger partial charge < -0.3 is 14.6 Å². The summed E-state index contributed by atoms with van der Waals surface area (Å²) < 4.78 is 9.76. The van der Waals surface area contributed by atoms with Gasteiger partial charge in [-0.05, 0) is 12.1 Å². The van der Waals surface area contributed by atoms with Crippen LogP contribution >= 0.6 is 0 Å². The number of hydrogen-bond donors (Lipinski definition) is 1. The summed E-state index contributed by atoms with van der Waals surface area (Å²) in [5.41, 5.74) is 0.808. The molecular weight excluding hydrogens is 272 g/mol. The average Bonchev–Trinajstić information content (AvgIpc) is 2.97. The van der Waals surface area contributed by atoms with E-state index in [-0.39, 0.29) is 17.2 Å². The normalized spacial score (nSPS) is 10.5. The van der Waals surface area contributed by atoms with Gasteiger partial charge in [-0.15, -0.1) is 0 Å². The third kappa shape index (κ3) is 3.28. The van der Waals surface area contributed by atoms with Crippen LogP contribution in [-0.4, -0.2) is 24.1 Å². The first-order chi connectivity index (χ1) is 10.0. The summed E-state index contributed by atoms with van der Waals surface area (Å²) in [5, 5.41) is 6.36. The predicted octanol–water partition coefficient (Wildman–Crippen LogP) is 2.84. The van der Waals surface area contributed by atoms with Gasteiger partial charge in [0.2, 0.25) is 0 Å². The second kappa shape index (κ2) is 6.21. The first kappa shape index (κ1) is 14.8. The summed E-state index contributed by atoms with van der Waals surface area (Å²) in [6, 6.07) is 8.18. The molecule has 0 aliphatic rings. The van der Waals surface area contributed by atoms with Crippen LogP contribution in [-0.2, 0) is 4.74 Å². The van der Waals surface area contributed by atoms with Gasteiger partial charge in [0.15, 0.2) is 5.69 Å². The standard InChI is InChI=1S/C15H16N2O4/c1-9(2)13-8-12(17-21-13)14(18)16-11-7-5-4-6-10(11)15(19)20-3/h4-9H,1-3H3,(H,16,18). The SMILES string of the molecule is COC(=O)c1ccccc1NC(=O)c1cc(C(C)C)on1. The fourth-order valence-electron chi connectivity index (χ4n) is 1.73. The summed E-state index contributed by atoms with van der Waals surface area (Å²) >= 11 is 0. The van der Waals surface area contributed by atoms with E-state index < -0.39 is 11.9 Å². The molecule has 21 heavy (non-hydrogen) atoms. The van der Waals surface area contributed by atoms with E-state index in [1.54, 1.807) is 30.3 Å². The first-order valence-electron chi connectivity index (χ1n) is 6.48. The zero-order valence-electron chi connectivity index (χ0n) is 12.0. The molecule has 2 rings (SSSR count). The van der Waals surface area contributed by atoms with Gasteiger partial charge >= 0.3 is 5.97 Å². The molecule has 1 aromatic heterocycles. The number of aromatic nitrogens is 1. The van der Waals surface area contributed by atoms with Crippen molar-refractivity contribution in [2.45, 2.75) is 19.8 Å². The molecule has 0 bridgehead atoms. The fourth-order valence-corrected chi connectivity index (χ4v) is 1.73. The Morgan fingerprint density at radius 1 is 1.29 bits per heavy atom. The number of rotatable bonds is 4. The van der Waals surface area contributed by atoms with E-state index in [1.165, 1.54) is 7.11 Å². The quantitative estimate of drug-likeness (QED) is 0.875. The average molecular weight is 288 g/mol. The highest BCUT2D eigenvalue weighted by molar-refractivity contribution is 6.07.